The van der Waals surface area contributed by atoms with Gasteiger partial charge in [0.25, 0.3) is 0 Å². The van der Waals surface area contributed by atoms with Crippen LogP contribution in [0, 0.1) is 57.7 Å². The molecule has 5 aliphatic rings. The molecule has 5 aliphatic carbocycles. The van der Waals surface area contributed by atoms with Crippen LogP contribution in [0.4, 0.5) is 0 Å². The molecule has 1 N–H and O–H groups in total. The standard InChI is InChI=1S/C31H55N/c1-8-20(2)32-28-18-27-23(17-24(28)25-19-29(4,5)30(6,7)21(25)3)22-13-9-10-14-26(22)31(27)15-11-12-16-31/h20-28,32H,8-19H2,1-7H3. The van der Waals surface area contributed by atoms with Crippen LogP contribution >= 0.6 is 0 Å². The first-order valence-electron chi connectivity index (χ1n) is 14.9. The molecule has 0 aromatic carbocycles. The lowest BCUT2D eigenvalue weighted by atomic mass is 9.59. The molecule has 5 saturated carbocycles. The zero-order valence-corrected chi connectivity index (χ0v) is 22.7. The Morgan fingerprint density at radius 3 is 2.12 bits per heavy atom. The highest BCUT2D eigenvalue weighted by Crippen LogP contribution is 2.70. The fourth-order valence-electron chi connectivity index (χ4n) is 10.7. The molecule has 0 aromatic rings. The van der Waals surface area contributed by atoms with Crippen LogP contribution in [0.5, 0.6) is 0 Å². The third-order valence-corrected chi connectivity index (χ3v) is 13.4. The van der Waals surface area contributed by atoms with Crippen molar-refractivity contribution in [1.29, 1.82) is 0 Å². The molecule has 0 aliphatic heterocycles. The van der Waals surface area contributed by atoms with Crippen LogP contribution < -0.4 is 5.32 Å². The highest BCUT2D eigenvalue weighted by atomic mass is 15.0. The summed E-state index contributed by atoms with van der Waals surface area (Å²) in [7, 11) is 0. The number of hydrogen-bond donors (Lipinski definition) is 1. The summed E-state index contributed by atoms with van der Waals surface area (Å²) in [5.74, 6) is 6.91. The topological polar surface area (TPSA) is 12.0 Å². The molecule has 0 heterocycles. The molecule has 9 unspecified atom stereocenters. The number of fused-ring (bicyclic) bond motifs is 5. The molecule has 9 atom stereocenters. The molecule has 5 rings (SSSR count). The lowest BCUT2D eigenvalue weighted by Gasteiger charge is -2.49. The van der Waals surface area contributed by atoms with Gasteiger partial charge in [-0.15, -0.1) is 0 Å². The van der Waals surface area contributed by atoms with Gasteiger partial charge in [-0.25, -0.2) is 0 Å². The second-order valence-corrected chi connectivity index (χ2v) is 14.7. The predicted molar refractivity (Wildman–Crippen MR) is 138 cm³/mol. The molecule has 1 nitrogen and oxygen atoms in total. The van der Waals surface area contributed by atoms with Crippen molar-refractivity contribution in [3.05, 3.63) is 0 Å². The molecule has 0 bridgehead atoms. The van der Waals surface area contributed by atoms with Gasteiger partial charge in [0.05, 0.1) is 0 Å². The van der Waals surface area contributed by atoms with E-state index in [0.717, 1.165) is 52.9 Å². The monoisotopic (exact) mass is 441 g/mol. The lowest BCUT2D eigenvalue weighted by Crippen LogP contribution is -2.51. The predicted octanol–water partition coefficient (Wildman–Crippen LogP) is 8.47. The Labute approximate surface area is 200 Å². The molecule has 0 radical (unpaired) electrons. The van der Waals surface area contributed by atoms with E-state index in [0.29, 0.717) is 16.9 Å². The minimum atomic E-state index is 0.450. The first kappa shape index (κ1) is 23.7. The smallest absolute Gasteiger partial charge is 0.0104 e. The van der Waals surface area contributed by atoms with Crippen LogP contribution in [0.25, 0.3) is 0 Å². The van der Waals surface area contributed by atoms with Gasteiger partial charge in [0.15, 0.2) is 0 Å². The van der Waals surface area contributed by atoms with Crippen LogP contribution in [0.1, 0.15) is 126 Å². The summed E-state index contributed by atoms with van der Waals surface area (Å²) in [6.07, 6.45) is 18.2. The second kappa shape index (κ2) is 8.27. The molecule has 32 heavy (non-hydrogen) atoms. The Morgan fingerprint density at radius 2 is 1.50 bits per heavy atom. The average molecular weight is 442 g/mol. The summed E-state index contributed by atoms with van der Waals surface area (Å²) >= 11 is 0. The molecule has 0 saturated heterocycles. The van der Waals surface area contributed by atoms with Gasteiger partial charge in [-0.2, -0.15) is 0 Å². The second-order valence-electron chi connectivity index (χ2n) is 14.7. The summed E-state index contributed by atoms with van der Waals surface area (Å²) in [5, 5.41) is 4.27. The van der Waals surface area contributed by atoms with E-state index in [-0.39, 0.29) is 0 Å². The third kappa shape index (κ3) is 3.40. The highest BCUT2D eigenvalue weighted by Gasteiger charge is 2.64. The van der Waals surface area contributed by atoms with Crippen LogP contribution in [-0.2, 0) is 0 Å². The van der Waals surface area contributed by atoms with Gasteiger partial charge in [-0.05, 0) is 116 Å². The van der Waals surface area contributed by atoms with E-state index in [1.165, 1.54) is 44.9 Å². The normalized spacial score (nSPS) is 47.3. The molecule has 1 spiro atoms. The zero-order chi connectivity index (χ0) is 22.9. The SMILES string of the molecule is CCC(C)NC1CC2C(CC1C1CC(C)(C)C(C)(C)C1C)C1CCCCC1C21CCCC1. The fourth-order valence-corrected chi connectivity index (χ4v) is 10.7. The van der Waals surface area contributed by atoms with E-state index < -0.39 is 0 Å². The van der Waals surface area contributed by atoms with E-state index in [1.54, 1.807) is 32.1 Å². The molecule has 5 fully saturated rings. The van der Waals surface area contributed by atoms with Crippen molar-refractivity contribution >= 4 is 0 Å². The van der Waals surface area contributed by atoms with Crippen molar-refractivity contribution in [2.75, 3.05) is 0 Å². The quantitative estimate of drug-likeness (QED) is 0.461. The van der Waals surface area contributed by atoms with Gasteiger partial charge in [-0.3, -0.25) is 0 Å². The van der Waals surface area contributed by atoms with Gasteiger partial charge in [0, 0.05) is 12.1 Å². The Morgan fingerprint density at radius 1 is 0.812 bits per heavy atom. The van der Waals surface area contributed by atoms with Crippen molar-refractivity contribution in [2.45, 2.75) is 138 Å². The van der Waals surface area contributed by atoms with Gasteiger partial charge in [-0.1, -0.05) is 67.2 Å². The van der Waals surface area contributed by atoms with E-state index >= 15 is 0 Å². The molecule has 1 heteroatoms. The maximum Gasteiger partial charge on any atom is 0.0104 e. The molecule has 0 aromatic heterocycles. The van der Waals surface area contributed by atoms with Gasteiger partial charge in [0.1, 0.15) is 0 Å². The zero-order valence-electron chi connectivity index (χ0n) is 22.7. The number of nitrogens with one attached hydrogen (secondary N) is 1. The van der Waals surface area contributed by atoms with Crippen LogP contribution in [0.2, 0.25) is 0 Å². The summed E-state index contributed by atoms with van der Waals surface area (Å²) < 4.78 is 0. The van der Waals surface area contributed by atoms with Crippen molar-refractivity contribution in [2.24, 2.45) is 57.7 Å². The number of hydrogen-bond acceptors (Lipinski definition) is 1. The van der Waals surface area contributed by atoms with Crippen LogP contribution in [0.15, 0.2) is 0 Å². The van der Waals surface area contributed by atoms with Crippen molar-refractivity contribution < 1.29 is 0 Å². The van der Waals surface area contributed by atoms with Gasteiger partial charge >= 0.3 is 0 Å². The van der Waals surface area contributed by atoms with E-state index in [9.17, 15) is 0 Å². The highest BCUT2D eigenvalue weighted by molar-refractivity contribution is 5.14. The van der Waals surface area contributed by atoms with E-state index in [2.05, 4.69) is 53.8 Å². The van der Waals surface area contributed by atoms with Crippen molar-refractivity contribution in [3.8, 4) is 0 Å². The molecule has 184 valence electrons. The van der Waals surface area contributed by atoms with Crippen molar-refractivity contribution in [3.63, 3.8) is 0 Å². The van der Waals surface area contributed by atoms with Crippen LogP contribution in [-0.4, -0.2) is 12.1 Å². The minimum Gasteiger partial charge on any atom is -0.311 e. The first-order valence-corrected chi connectivity index (χ1v) is 14.9. The fraction of sp³-hybridized carbons (Fsp3) is 1.00. The van der Waals surface area contributed by atoms with Gasteiger partial charge in [0.2, 0.25) is 0 Å². The summed E-state index contributed by atoms with van der Waals surface area (Å²) in [6, 6.07) is 1.43. The summed E-state index contributed by atoms with van der Waals surface area (Å²) in [4.78, 5) is 0. The van der Waals surface area contributed by atoms with Crippen molar-refractivity contribution in [1.82, 2.24) is 5.32 Å². The summed E-state index contributed by atoms with van der Waals surface area (Å²) in [6.45, 7) is 17.8. The Balaban J connectivity index is 1.48. The maximum absolute atomic E-state index is 4.27. The minimum absolute atomic E-state index is 0.450. The average Bonchev–Trinajstić information content (AvgIpc) is 3.40. The first-order chi connectivity index (χ1) is 15.1. The number of rotatable bonds is 4. The Hall–Kier alpha value is -0.0400. The van der Waals surface area contributed by atoms with Gasteiger partial charge < -0.3 is 5.32 Å². The lowest BCUT2D eigenvalue weighted by molar-refractivity contribution is 0.0257. The maximum atomic E-state index is 4.27. The van der Waals surface area contributed by atoms with E-state index in [1.807, 2.05) is 0 Å². The largest absolute Gasteiger partial charge is 0.311 e. The Bertz CT molecular complexity index is 670. The Kier molecular flexibility index (Phi) is 6.12. The molecular formula is C31H55N. The summed E-state index contributed by atoms with van der Waals surface area (Å²) in [5.41, 5.74) is 1.66. The van der Waals surface area contributed by atoms with E-state index in [4.69, 9.17) is 0 Å². The third-order valence-electron chi connectivity index (χ3n) is 13.4. The molecular weight excluding hydrogens is 386 g/mol. The molecule has 0 amide bonds. The van der Waals surface area contributed by atoms with Crippen LogP contribution in [0.3, 0.4) is 0 Å².